The average Bonchev–Trinajstić information content (AvgIpc) is 2.86. The van der Waals surface area contributed by atoms with Crippen LogP contribution in [0.25, 0.3) is 0 Å². The second-order valence-corrected chi connectivity index (χ2v) is 11.4. The Bertz CT molecular complexity index is 1050. The molecular weight excluding hydrogens is 411 g/mol. The minimum Gasteiger partial charge on any atom is -0.399 e. The Kier molecular flexibility index (Phi) is 6.99. The van der Waals surface area contributed by atoms with Crippen LogP contribution in [0, 0.1) is 0 Å². The van der Waals surface area contributed by atoms with Gasteiger partial charge in [-0.15, -0.1) is 0 Å². The molecule has 0 saturated carbocycles. The molecule has 3 N–H and O–H groups in total. The summed E-state index contributed by atoms with van der Waals surface area (Å²) in [6.07, 6.45) is 1.85. The summed E-state index contributed by atoms with van der Waals surface area (Å²) in [7, 11) is -1.86. The number of rotatable bonds is 8. The fraction of sp³-hybridized carbons (Fsp3) is 0.107. The van der Waals surface area contributed by atoms with Gasteiger partial charge >= 0.3 is 0 Å². The van der Waals surface area contributed by atoms with Gasteiger partial charge in [-0.05, 0) is 61.0 Å². The Morgan fingerprint density at radius 2 is 1.19 bits per heavy atom. The molecule has 0 unspecified atom stereocenters. The molecule has 0 saturated heterocycles. The molecule has 4 aromatic rings. The third kappa shape index (κ3) is 4.74. The first-order chi connectivity index (χ1) is 15.7. The van der Waals surface area contributed by atoms with Gasteiger partial charge in [0.2, 0.25) is 0 Å². The standard InChI is InChI=1S/C28H27N2OP/c29-24-13-10-12-23(22-24)28(31)30-20-11-21-32(25-14-4-1-5-15-25,26-16-6-2-7-17-26)27-18-8-3-9-19-27/h1-10,12-19,22H,11,20-21,29H2/p+1. The Labute approximate surface area is 190 Å². The fourth-order valence-corrected chi connectivity index (χ4v) is 8.53. The van der Waals surface area contributed by atoms with Crippen LogP contribution in [-0.2, 0) is 0 Å². The summed E-state index contributed by atoms with van der Waals surface area (Å²) < 4.78 is 0. The van der Waals surface area contributed by atoms with E-state index in [2.05, 4.69) is 96.3 Å². The predicted octanol–water partition coefficient (Wildman–Crippen LogP) is 4.38. The average molecular weight is 440 g/mol. The van der Waals surface area contributed by atoms with Gasteiger partial charge in [0, 0.05) is 17.8 Å². The minimum atomic E-state index is -1.86. The van der Waals surface area contributed by atoms with Crippen LogP contribution in [0.15, 0.2) is 115 Å². The van der Waals surface area contributed by atoms with Crippen molar-refractivity contribution in [1.82, 2.24) is 5.32 Å². The Morgan fingerprint density at radius 3 is 1.66 bits per heavy atom. The summed E-state index contributed by atoms with van der Waals surface area (Å²) in [5, 5.41) is 7.16. The molecule has 0 aliphatic carbocycles. The molecule has 0 bridgehead atoms. The van der Waals surface area contributed by atoms with Crippen LogP contribution >= 0.6 is 7.26 Å². The van der Waals surface area contributed by atoms with E-state index < -0.39 is 7.26 Å². The number of amides is 1. The highest BCUT2D eigenvalue weighted by atomic mass is 31.2. The lowest BCUT2D eigenvalue weighted by molar-refractivity contribution is 0.0954. The van der Waals surface area contributed by atoms with Crippen molar-refractivity contribution in [1.29, 1.82) is 0 Å². The lowest BCUT2D eigenvalue weighted by Crippen LogP contribution is -2.34. The largest absolute Gasteiger partial charge is 0.399 e. The summed E-state index contributed by atoms with van der Waals surface area (Å²) in [5.41, 5.74) is 7.02. The second-order valence-electron chi connectivity index (χ2n) is 7.77. The zero-order valence-corrected chi connectivity index (χ0v) is 18.9. The lowest BCUT2D eigenvalue weighted by Gasteiger charge is -2.27. The molecule has 1 amide bonds. The monoisotopic (exact) mass is 439 g/mol. The van der Waals surface area contributed by atoms with Gasteiger partial charge in [-0.2, -0.15) is 0 Å². The predicted molar refractivity (Wildman–Crippen MR) is 138 cm³/mol. The van der Waals surface area contributed by atoms with Crippen LogP contribution < -0.4 is 27.0 Å². The molecule has 0 aliphatic heterocycles. The maximum atomic E-state index is 12.6. The van der Waals surface area contributed by atoms with Gasteiger partial charge in [0.25, 0.3) is 5.91 Å². The van der Waals surface area contributed by atoms with E-state index in [0.29, 0.717) is 17.8 Å². The first-order valence-corrected chi connectivity index (χ1v) is 12.9. The van der Waals surface area contributed by atoms with Crippen LogP contribution in [0.1, 0.15) is 16.8 Å². The second kappa shape index (κ2) is 10.3. The third-order valence-corrected chi connectivity index (χ3v) is 10.2. The van der Waals surface area contributed by atoms with Crippen LogP contribution in [0.4, 0.5) is 5.69 Å². The Balaban J connectivity index is 1.62. The molecule has 0 aromatic heterocycles. The maximum absolute atomic E-state index is 12.6. The molecule has 32 heavy (non-hydrogen) atoms. The summed E-state index contributed by atoms with van der Waals surface area (Å²) in [6.45, 7) is 0.613. The zero-order chi connectivity index (χ0) is 22.2. The molecule has 0 atom stereocenters. The van der Waals surface area contributed by atoms with Crippen molar-refractivity contribution in [2.24, 2.45) is 0 Å². The van der Waals surface area contributed by atoms with Gasteiger partial charge in [0.15, 0.2) is 0 Å². The highest BCUT2D eigenvalue weighted by Gasteiger charge is 2.44. The molecule has 0 radical (unpaired) electrons. The van der Waals surface area contributed by atoms with E-state index in [1.165, 1.54) is 15.9 Å². The lowest BCUT2D eigenvalue weighted by atomic mass is 10.2. The Morgan fingerprint density at radius 1 is 0.688 bits per heavy atom. The normalized spacial score (nSPS) is 11.1. The van der Waals surface area contributed by atoms with Crippen molar-refractivity contribution in [3.63, 3.8) is 0 Å². The highest BCUT2D eigenvalue weighted by Crippen LogP contribution is 2.55. The number of nitrogens with two attached hydrogens (primary N) is 1. The first kappa shape index (κ1) is 21.8. The van der Waals surface area contributed by atoms with Gasteiger partial charge in [-0.25, -0.2) is 0 Å². The van der Waals surface area contributed by atoms with E-state index in [4.69, 9.17) is 5.73 Å². The Hall–Kier alpha value is -3.42. The van der Waals surface area contributed by atoms with Gasteiger partial charge < -0.3 is 11.1 Å². The molecule has 0 heterocycles. The van der Waals surface area contributed by atoms with E-state index in [-0.39, 0.29) is 5.91 Å². The smallest absolute Gasteiger partial charge is 0.251 e. The van der Waals surface area contributed by atoms with Crippen molar-refractivity contribution in [2.45, 2.75) is 6.42 Å². The summed E-state index contributed by atoms with van der Waals surface area (Å²) in [5.74, 6) is -0.0830. The number of benzene rings is 4. The van der Waals surface area contributed by atoms with E-state index in [1.54, 1.807) is 24.3 Å². The molecule has 0 aliphatic rings. The van der Waals surface area contributed by atoms with E-state index >= 15 is 0 Å². The zero-order valence-electron chi connectivity index (χ0n) is 18.0. The van der Waals surface area contributed by atoms with E-state index in [1.807, 2.05) is 0 Å². The van der Waals surface area contributed by atoms with Gasteiger partial charge in [0.1, 0.15) is 23.2 Å². The van der Waals surface area contributed by atoms with Crippen LogP contribution in [0.3, 0.4) is 0 Å². The van der Waals surface area contributed by atoms with Crippen LogP contribution in [0.5, 0.6) is 0 Å². The number of hydrogen-bond donors (Lipinski definition) is 2. The molecule has 0 spiro atoms. The van der Waals surface area contributed by atoms with Crippen molar-refractivity contribution in [2.75, 3.05) is 18.4 Å². The van der Waals surface area contributed by atoms with E-state index in [0.717, 1.165) is 12.6 Å². The molecule has 4 rings (SSSR count). The number of nitrogens with one attached hydrogen (secondary N) is 1. The van der Waals surface area contributed by atoms with Gasteiger partial charge in [-0.3, -0.25) is 4.79 Å². The quantitative estimate of drug-likeness (QED) is 0.243. The molecule has 160 valence electrons. The number of anilines is 1. The van der Waals surface area contributed by atoms with Gasteiger partial charge in [0.05, 0.1) is 6.16 Å². The SMILES string of the molecule is Nc1cccc(C(=O)NCCC[P+](c2ccccc2)(c2ccccc2)c2ccccc2)c1. The maximum Gasteiger partial charge on any atom is 0.251 e. The summed E-state index contributed by atoms with van der Waals surface area (Å²) in [6, 6.07) is 39.5. The van der Waals surface area contributed by atoms with Crippen molar-refractivity contribution < 1.29 is 4.79 Å². The highest BCUT2D eigenvalue weighted by molar-refractivity contribution is 7.95. The molecule has 4 heteroatoms. The van der Waals surface area contributed by atoms with E-state index in [9.17, 15) is 4.79 Å². The van der Waals surface area contributed by atoms with Crippen molar-refractivity contribution in [3.8, 4) is 0 Å². The molecular formula is C28H28N2OP+. The van der Waals surface area contributed by atoms with Gasteiger partial charge in [-0.1, -0.05) is 60.7 Å². The van der Waals surface area contributed by atoms with Crippen molar-refractivity contribution in [3.05, 3.63) is 121 Å². The summed E-state index contributed by atoms with van der Waals surface area (Å²) in [4.78, 5) is 12.6. The number of hydrogen-bond acceptors (Lipinski definition) is 2. The number of carbonyl (C=O) groups excluding carboxylic acids is 1. The topological polar surface area (TPSA) is 55.1 Å². The fourth-order valence-electron chi connectivity index (χ4n) is 4.18. The number of nitrogen functional groups attached to an aromatic ring is 1. The summed E-state index contributed by atoms with van der Waals surface area (Å²) >= 11 is 0. The minimum absolute atomic E-state index is 0.0830. The van der Waals surface area contributed by atoms with Crippen molar-refractivity contribution >= 4 is 34.8 Å². The van der Waals surface area contributed by atoms with Crippen LogP contribution in [0.2, 0.25) is 0 Å². The first-order valence-electron chi connectivity index (χ1n) is 10.9. The third-order valence-electron chi connectivity index (χ3n) is 5.70. The molecule has 4 aromatic carbocycles. The number of carbonyl (C=O) groups is 1. The van der Waals surface area contributed by atoms with Crippen LogP contribution in [-0.4, -0.2) is 18.6 Å². The molecule has 3 nitrogen and oxygen atoms in total. The molecule has 0 fully saturated rings.